The van der Waals surface area contributed by atoms with Crippen molar-refractivity contribution in [3.05, 3.63) is 59.2 Å². The largest absolute Gasteiger partial charge is 0.433 e. The quantitative estimate of drug-likeness (QED) is 0.716. The van der Waals surface area contributed by atoms with Crippen molar-refractivity contribution < 1.29 is 22.8 Å². The van der Waals surface area contributed by atoms with E-state index in [0.29, 0.717) is 12.8 Å². The van der Waals surface area contributed by atoms with Gasteiger partial charge in [0.25, 0.3) is 0 Å². The van der Waals surface area contributed by atoms with Gasteiger partial charge >= 0.3 is 6.18 Å². The van der Waals surface area contributed by atoms with Crippen molar-refractivity contribution in [2.24, 2.45) is 5.41 Å². The number of aryl methyl sites for hydroxylation is 1. The van der Waals surface area contributed by atoms with E-state index < -0.39 is 17.3 Å². The van der Waals surface area contributed by atoms with Crippen molar-refractivity contribution in [1.29, 1.82) is 0 Å². The summed E-state index contributed by atoms with van der Waals surface area (Å²) >= 11 is 0. The molecule has 3 heterocycles. The molecule has 33 heavy (non-hydrogen) atoms. The highest BCUT2D eigenvalue weighted by Gasteiger charge is 2.60. The summed E-state index contributed by atoms with van der Waals surface area (Å²) < 4.78 is 39.2. The van der Waals surface area contributed by atoms with Crippen LogP contribution in [0.15, 0.2) is 36.4 Å². The van der Waals surface area contributed by atoms with Crippen LogP contribution < -0.4 is 5.32 Å². The second kappa shape index (κ2) is 8.76. The number of aromatic nitrogens is 2. The number of fused-ring (bicyclic) bond motifs is 2. The van der Waals surface area contributed by atoms with Gasteiger partial charge in [-0.05, 0) is 44.2 Å². The molecule has 2 saturated heterocycles. The van der Waals surface area contributed by atoms with Gasteiger partial charge in [-0.25, -0.2) is 9.97 Å². The second-order valence-corrected chi connectivity index (χ2v) is 9.01. The van der Waals surface area contributed by atoms with E-state index in [4.69, 9.17) is 0 Å². The van der Waals surface area contributed by atoms with E-state index >= 15 is 0 Å². The van der Waals surface area contributed by atoms with Gasteiger partial charge in [0, 0.05) is 37.7 Å². The molecule has 176 valence electrons. The SMILES string of the molecule is CC(=O)N1[C@@H]2CC[C@H]1[C@@](Cc1ccccc1)(C(=O)NCCc1nc(C)cc(C(F)(F)F)n1)C2. The van der Waals surface area contributed by atoms with Crippen LogP contribution in [0.3, 0.4) is 0 Å². The van der Waals surface area contributed by atoms with Gasteiger partial charge in [-0.1, -0.05) is 30.3 Å². The fourth-order valence-corrected chi connectivity index (χ4v) is 5.48. The lowest BCUT2D eigenvalue weighted by Gasteiger charge is -2.36. The Hall–Kier alpha value is -2.97. The number of nitrogens with zero attached hydrogens (tertiary/aromatic N) is 3. The minimum atomic E-state index is -4.55. The van der Waals surface area contributed by atoms with Crippen LogP contribution >= 0.6 is 0 Å². The summed E-state index contributed by atoms with van der Waals surface area (Å²) in [5.74, 6) is -0.162. The van der Waals surface area contributed by atoms with Gasteiger partial charge in [-0.15, -0.1) is 0 Å². The lowest BCUT2D eigenvalue weighted by Crippen LogP contribution is -2.51. The van der Waals surface area contributed by atoms with Gasteiger partial charge in [-0.3, -0.25) is 9.59 Å². The van der Waals surface area contributed by atoms with Gasteiger partial charge < -0.3 is 10.2 Å². The number of halogens is 3. The predicted octanol–water partition coefficient (Wildman–Crippen LogP) is 3.47. The highest BCUT2D eigenvalue weighted by atomic mass is 19.4. The molecule has 0 saturated carbocycles. The lowest BCUT2D eigenvalue weighted by molar-refractivity contribution is -0.141. The van der Waals surface area contributed by atoms with Crippen LogP contribution in [0, 0.1) is 12.3 Å². The third-order valence-corrected chi connectivity index (χ3v) is 6.74. The summed E-state index contributed by atoms with van der Waals surface area (Å²) in [5, 5.41) is 2.92. The summed E-state index contributed by atoms with van der Waals surface area (Å²) in [6.07, 6.45) is -1.74. The first-order valence-electron chi connectivity index (χ1n) is 11.1. The molecule has 9 heteroatoms. The first-order chi connectivity index (χ1) is 15.6. The highest BCUT2D eigenvalue weighted by molar-refractivity contribution is 5.87. The Morgan fingerprint density at radius 1 is 1.18 bits per heavy atom. The summed E-state index contributed by atoms with van der Waals surface area (Å²) in [5.41, 5.74) is -0.507. The lowest BCUT2D eigenvalue weighted by atomic mass is 9.69. The van der Waals surface area contributed by atoms with Gasteiger partial charge in [-0.2, -0.15) is 13.2 Å². The normalized spacial score (nSPS) is 24.2. The molecular weight excluding hydrogens is 433 g/mol. The van der Waals surface area contributed by atoms with E-state index in [1.54, 1.807) is 0 Å². The van der Waals surface area contributed by atoms with Gasteiger partial charge in [0.05, 0.1) is 5.41 Å². The maximum atomic E-state index is 13.5. The number of alkyl halides is 3. The van der Waals surface area contributed by atoms with Crippen LogP contribution in [0.25, 0.3) is 0 Å². The number of amides is 2. The minimum Gasteiger partial charge on any atom is -0.355 e. The summed E-state index contributed by atoms with van der Waals surface area (Å²) in [6, 6.07) is 10.5. The van der Waals surface area contributed by atoms with Crippen LogP contribution in [-0.4, -0.2) is 45.3 Å². The number of carbonyl (C=O) groups is 2. The fraction of sp³-hybridized carbons (Fsp3) is 0.500. The molecule has 1 aromatic heterocycles. The summed E-state index contributed by atoms with van der Waals surface area (Å²) in [4.78, 5) is 35.4. The number of nitrogens with one attached hydrogen (secondary N) is 1. The van der Waals surface area contributed by atoms with Crippen molar-refractivity contribution in [2.45, 2.75) is 64.2 Å². The van der Waals surface area contributed by atoms with Crippen molar-refractivity contribution >= 4 is 11.8 Å². The molecule has 2 bridgehead atoms. The van der Waals surface area contributed by atoms with Crippen LogP contribution in [-0.2, 0) is 28.6 Å². The Labute approximate surface area is 190 Å². The monoisotopic (exact) mass is 460 g/mol. The molecule has 2 fully saturated rings. The molecule has 1 N–H and O–H groups in total. The second-order valence-electron chi connectivity index (χ2n) is 9.01. The average Bonchev–Trinajstić information content (AvgIpc) is 3.30. The van der Waals surface area contributed by atoms with Crippen LogP contribution in [0.2, 0.25) is 0 Å². The zero-order chi connectivity index (χ0) is 23.8. The number of hydrogen-bond acceptors (Lipinski definition) is 4. The molecule has 0 aliphatic carbocycles. The van der Waals surface area contributed by atoms with E-state index in [9.17, 15) is 22.8 Å². The van der Waals surface area contributed by atoms with E-state index in [0.717, 1.165) is 24.5 Å². The third kappa shape index (κ3) is 4.58. The zero-order valence-electron chi connectivity index (χ0n) is 18.7. The fourth-order valence-electron chi connectivity index (χ4n) is 5.48. The minimum absolute atomic E-state index is 0.0296. The van der Waals surface area contributed by atoms with E-state index in [1.165, 1.54) is 13.8 Å². The maximum absolute atomic E-state index is 13.5. The predicted molar refractivity (Wildman–Crippen MR) is 115 cm³/mol. The Morgan fingerprint density at radius 3 is 2.55 bits per heavy atom. The van der Waals surface area contributed by atoms with E-state index in [-0.39, 0.29) is 48.4 Å². The molecule has 2 amide bonds. The van der Waals surface area contributed by atoms with Crippen LogP contribution in [0.1, 0.15) is 49.0 Å². The maximum Gasteiger partial charge on any atom is 0.433 e. The van der Waals surface area contributed by atoms with Gasteiger partial charge in [0.2, 0.25) is 11.8 Å². The van der Waals surface area contributed by atoms with Crippen molar-refractivity contribution in [1.82, 2.24) is 20.2 Å². The van der Waals surface area contributed by atoms with E-state index in [1.807, 2.05) is 35.2 Å². The molecular formula is C24H27F3N4O2. The number of rotatable bonds is 6. The van der Waals surface area contributed by atoms with Gasteiger partial charge in [0.15, 0.2) is 0 Å². The molecule has 1 aromatic carbocycles. The molecule has 6 nitrogen and oxygen atoms in total. The Kier molecular flexibility index (Phi) is 6.16. The molecule has 2 aliphatic heterocycles. The Bertz CT molecular complexity index is 1040. The van der Waals surface area contributed by atoms with E-state index in [2.05, 4.69) is 15.3 Å². The zero-order valence-corrected chi connectivity index (χ0v) is 18.7. The third-order valence-electron chi connectivity index (χ3n) is 6.74. The standard InChI is InChI=1S/C24H27F3N4O2/c1-15-12-19(24(25,26)27)30-21(29-15)10-11-28-22(33)23(13-17-6-4-3-5-7-17)14-18-8-9-20(23)31(18)16(2)32/h3-7,12,18,20H,8-11,13-14H2,1-2H3,(H,28,33)/t18-,20+,23+/m1/s1. The molecule has 2 aromatic rings. The number of carbonyl (C=O) groups excluding carboxylic acids is 2. The highest BCUT2D eigenvalue weighted by Crippen LogP contribution is 2.51. The smallest absolute Gasteiger partial charge is 0.355 e. The van der Waals surface area contributed by atoms with Crippen LogP contribution in [0.4, 0.5) is 13.2 Å². The Balaban J connectivity index is 1.52. The summed E-state index contributed by atoms with van der Waals surface area (Å²) in [7, 11) is 0. The first-order valence-corrected chi connectivity index (χ1v) is 11.1. The first kappa shape index (κ1) is 23.2. The Morgan fingerprint density at radius 2 is 1.91 bits per heavy atom. The number of benzene rings is 1. The molecule has 4 rings (SSSR count). The molecule has 0 unspecified atom stereocenters. The average molecular weight is 461 g/mol. The molecule has 0 spiro atoms. The van der Waals surface area contributed by atoms with Gasteiger partial charge in [0.1, 0.15) is 11.5 Å². The van der Waals surface area contributed by atoms with Crippen molar-refractivity contribution in [3.8, 4) is 0 Å². The molecule has 0 radical (unpaired) electrons. The molecule has 2 aliphatic rings. The van der Waals surface area contributed by atoms with Crippen molar-refractivity contribution in [3.63, 3.8) is 0 Å². The summed E-state index contributed by atoms with van der Waals surface area (Å²) in [6.45, 7) is 3.14. The van der Waals surface area contributed by atoms with Crippen molar-refractivity contribution in [2.75, 3.05) is 6.54 Å². The van der Waals surface area contributed by atoms with Crippen LogP contribution in [0.5, 0.6) is 0 Å². The number of hydrogen-bond donors (Lipinski definition) is 1. The molecule has 3 atom stereocenters. The topological polar surface area (TPSA) is 75.2 Å².